The van der Waals surface area contributed by atoms with Crippen LogP contribution in [0.15, 0.2) is 24.3 Å². The maximum atomic E-state index is 12.2. The van der Waals surface area contributed by atoms with Gasteiger partial charge in [-0.15, -0.1) is 0 Å². The van der Waals surface area contributed by atoms with E-state index in [4.69, 9.17) is 11.6 Å². The number of aliphatic hydroxyl groups is 2. The lowest BCUT2D eigenvalue weighted by Crippen LogP contribution is -2.47. The number of carbonyl (C=O) groups is 2. The molecular formula is C14H18ClNO5. The molecule has 0 aromatic heterocycles. The van der Waals surface area contributed by atoms with Crippen molar-refractivity contribution in [2.45, 2.75) is 25.0 Å². The molecule has 1 rings (SSSR count). The predicted molar refractivity (Wildman–Crippen MR) is 76.7 cm³/mol. The van der Waals surface area contributed by atoms with E-state index in [0.717, 1.165) is 7.11 Å². The Kier molecular flexibility index (Phi) is 6.14. The Bertz CT molecular complexity index is 522. The molecule has 0 saturated carbocycles. The van der Waals surface area contributed by atoms with Crippen LogP contribution in [0.4, 0.5) is 0 Å². The molecule has 0 radical (unpaired) electrons. The third-order valence-electron chi connectivity index (χ3n) is 3.12. The summed E-state index contributed by atoms with van der Waals surface area (Å²) in [6, 6.07) is 6.31. The minimum atomic E-state index is -1.79. The van der Waals surface area contributed by atoms with Crippen molar-refractivity contribution in [3.63, 3.8) is 0 Å². The fourth-order valence-corrected chi connectivity index (χ4v) is 1.99. The van der Waals surface area contributed by atoms with E-state index in [9.17, 15) is 19.8 Å². The SMILES string of the molecule is CC[C@@](O)(C(=O)NC[C@@H](O)C(=O)OC)c1cccc(Cl)c1. The van der Waals surface area contributed by atoms with E-state index in [1.807, 2.05) is 0 Å². The van der Waals surface area contributed by atoms with Gasteiger partial charge in [-0.05, 0) is 24.1 Å². The van der Waals surface area contributed by atoms with Crippen LogP contribution in [0.5, 0.6) is 0 Å². The van der Waals surface area contributed by atoms with Crippen LogP contribution in [0.1, 0.15) is 18.9 Å². The summed E-state index contributed by atoms with van der Waals surface area (Å²) in [6.45, 7) is 1.28. The Morgan fingerprint density at radius 1 is 1.48 bits per heavy atom. The number of hydrogen-bond acceptors (Lipinski definition) is 5. The first-order valence-electron chi connectivity index (χ1n) is 6.37. The van der Waals surface area contributed by atoms with E-state index >= 15 is 0 Å². The molecule has 0 saturated heterocycles. The molecule has 2 atom stereocenters. The number of halogens is 1. The van der Waals surface area contributed by atoms with E-state index < -0.39 is 23.6 Å². The van der Waals surface area contributed by atoms with Crippen molar-refractivity contribution in [1.82, 2.24) is 5.32 Å². The first-order valence-corrected chi connectivity index (χ1v) is 6.75. The molecule has 1 aromatic rings. The quantitative estimate of drug-likeness (QED) is 0.668. The largest absolute Gasteiger partial charge is 0.467 e. The summed E-state index contributed by atoms with van der Waals surface area (Å²) in [4.78, 5) is 23.2. The molecule has 0 spiro atoms. The number of carbonyl (C=O) groups excluding carboxylic acids is 2. The summed E-state index contributed by atoms with van der Waals surface area (Å²) in [7, 11) is 1.13. The smallest absolute Gasteiger partial charge is 0.336 e. The van der Waals surface area contributed by atoms with Crippen molar-refractivity contribution in [2.24, 2.45) is 0 Å². The number of rotatable bonds is 6. The van der Waals surface area contributed by atoms with Gasteiger partial charge in [0.1, 0.15) is 0 Å². The van der Waals surface area contributed by atoms with Crippen molar-refractivity contribution >= 4 is 23.5 Å². The van der Waals surface area contributed by atoms with E-state index in [0.29, 0.717) is 10.6 Å². The van der Waals surface area contributed by atoms with Crippen molar-refractivity contribution in [3.8, 4) is 0 Å². The molecule has 1 aromatic carbocycles. The summed E-state index contributed by atoms with van der Waals surface area (Å²) in [5.74, 6) is -1.59. The second-order valence-electron chi connectivity index (χ2n) is 4.47. The average Bonchev–Trinajstić information content (AvgIpc) is 2.50. The van der Waals surface area contributed by atoms with E-state index in [1.54, 1.807) is 25.1 Å². The molecule has 0 fully saturated rings. The van der Waals surface area contributed by atoms with Gasteiger partial charge in [-0.3, -0.25) is 4.79 Å². The molecule has 0 aliphatic heterocycles. The molecule has 1 amide bonds. The zero-order valence-electron chi connectivity index (χ0n) is 11.8. The molecule has 0 unspecified atom stereocenters. The Morgan fingerprint density at radius 3 is 2.67 bits per heavy atom. The fourth-order valence-electron chi connectivity index (χ4n) is 1.80. The fraction of sp³-hybridized carbons (Fsp3) is 0.429. The molecule has 116 valence electrons. The monoisotopic (exact) mass is 315 g/mol. The van der Waals surface area contributed by atoms with Gasteiger partial charge in [0.2, 0.25) is 0 Å². The molecule has 6 nitrogen and oxygen atoms in total. The lowest BCUT2D eigenvalue weighted by molar-refractivity contribution is -0.151. The number of methoxy groups -OCH3 is 1. The van der Waals surface area contributed by atoms with Crippen LogP contribution < -0.4 is 5.32 Å². The van der Waals surface area contributed by atoms with Gasteiger partial charge < -0.3 is 20.3 Å². The van der Waals surface area contributed by atoms with Gasteiger partial charge in [-0.1, -0.05) is 30.7 Å². The summed E-state index contributed by atoms with van der Waals surface area (Å²) in [5.41, 5.74) is -1.46. The predicted octanol–water partition coefficient (Wildman–Crippen LogP) is 0.588. The molecule has 7 heteroatoms. The maximum Gasteiger partial charge on any atom is 0.336 e. The number of benzene rings is 1. The van der Waals surface area contributed by atoms with Crippen LogP contribution in [-0.4, -0.2) is 41.8 Å². The molecule has 0 aliphatic carbocycles. The number of nitrogens with one attached hydrogen (secondary N) is 1. The number of amides is 1. The van der Waals surface area contributed by atoms with Gasteiger partial charge in [-0.25, -0.2) is 4.79 Å². The Hall–Kier alpha value is -1.63. The summed E-state index contributed by atoms with van der Waals surface area (Å²) in [6.07, 6.45) is -1.38. The van der Waals surface area contributed by atoms with Crippen LogP contribution in [0, 0.1) is 0 Å². The summed E-state index contributed by atoms with van der Waals surface area (Å²) < 4.78 is 4.34. The van der Waals surface area contributed by atoms with Crippen molar-refractivity contribution in [2.75, 3.05) is 13.7 Å². The van der Waals surface area contributed by atoms with E-state index in [2.05, 4.69) is 10.1 Å². The topological polar surface area (TPSA) is 95.9 Å². The van der Waals surface area contributed by atoms with Gasteiger partial charge in [-0.2, -0.15) is 0 Å². The number of aliphatic hydroxyl groups excluding tert-OH is 1. The van der Waals surface area contributed by atoms with E-state index in [1.165, 1.54) is 6.07 Å². The standard InChI is InChI=1S/C14H18ClNO5/c1-3-14(20,9-5-4-6-10(15)7-9)13(19)16-8-11(17)12(18)21-2/h4-7,11,17,20H,3,8H2,1-2H3,(H,16,19)/t11-,14+/m1/s1. The Labute approximate surface area is 127 Å². The van der Waals surface area contributed by atoms with Crippen molar-refractivity contribution in [1.29, 1.82) is 0 Å². The molecule has 21 heavy (non-hydrogen) atoms. The third kappa shape index (κ3) is 4.17. The third-order valence-corrected chi connectivity index (χ3v) is 3.35. The summed E-state index contributed by atoms with van der Waals surface area (Å²) >= 11 is 5.86. The van der Waals surface area contributed by atoms with Gasteiger partial charge in [0, 0.05) is 5.02 Å². The molecule has 0 aliphatic rings. The minimum Gasteiger partial charge on any atom is -0.467 e. The van der Waals surface area contributed by atoms with Gasteiger partial charge >= 0.3 is 5.97 Å². The first-order chi connectivity index (χ1) is 9.85. The normalized spacial score (nSPS) is 14.9. The lowest BCUT2D eigenvalue weighted by Gasteiger charge is -2.26. The van der Waals surface area contributed by atoms with Crippen molar-refractivity contribution < 1.29 is 24.5 Å². The molecular weight excluding hydrogens is 298 g/mol. The van der Waals surface area contributed by atoms with Crippen LogP contribution in [0.3, 0.4) is 0 Å². The second kappa shape index (κ2) is 7.40. The van der Waals surface area contributed by atoms with Crippen LogP contribution in [-0.2, 0) is 19.9 Å². The maximum absolute atomic E-state index is 12.2. The molecule has 3 N–H and O–H groups in total. The average molecular weight is 316 g/mol. The highest BCUT2D eigenvalue weighted by molar-refractivity contribution is 6.30. The van der Waals surface area contributed by atoms with Crippen LogP contribution in [0.2, 0.25) is 5.02 Å². The highest BCUT2D eigenvalue weighted by atomic mass is 35.5. The zero-order chi connectivity index (χ0) is 16.0. The van der Waals surface area contributed by atoms with E-state index in [-0.39, 0.29) is 13.0 Å². The van der Waals surface area contributed by atoms with Crippen LogP contribution in [0.25, 0.3) is 0 Å². The minimum absolute atomic E-state index is 0.105. The van der Waals surface area contributed by atoms with Gasteiger partial charge in [0.05, 0.1) is 13.7 Å². The van der Waals surface area contributed by atoms with Gasteiger partial charge in [0.25, 0.3) is 5.91 Å². The lowest BCUT2D eigenvalue weighted by atomic mass is 9.90. The Morgan fingerprint density at radius 2 is 2.14 bits per heavy atom. The number of hydrogen-bond donors (Lipinski definition) is 3. The second-order valence-corrected chi connectivity index (χ2v) is 4.91. The summed E-state index contributed by atoms with van der Waals surface area (Å²) in [5, 5.41) is 22.7. The molecule has 0 bridgehead atoms. The Balaban J connectivity index is 2.84. The van der Waals surface area contributed by atoms with Crippen LogP contribution >= 0.6 is 11.6 Å². The van der Waals surface area contributed by atoms with Gasteiger partial charge in [0.15, 0.2) is 11.7 Å². The number of ether oxygens (including phenoxy) is 1. The first kappa shape index (κ1) is 17.4. The molecule has 0 heterocycles. The van der Waals surface area contributed by atoms with Crippen molar-refractivity contribution in [3.05, 3.63) is 34.9 Å². The zero-order valence-corrected chi connectivity index (χ0v) is 12.6. The highest BCUT2D eigenvalue weighted by Crippen LogP contribution is 2.27. The highest BCUT2D eigenvalue weighted by Gasteiger charge is 2.36. The number of esters is 1.